The zero-order valence-electron chi connectivity index (χ0n) is 6.57. The normalized spacial score (nSPS) is 9.75. The molecule has 1 amide bonds. The first-order valence-corrected chi connectivity index (χ1v) is 4.54. The minimum Gasteiger partial charge on any atom is -0.508 e. The molecule has 0 atom stereocenters. The molecule has 0 saturated heterocycles. The second-order valence-corrected chi connectivity index (χ2v) is 3.16. The average molecular weight is 183 g/mol. The van der Waals surface area contributed by atoms with Crippen LogP contribution >= 0.6 is 11.8 Å². The monoisotopic (exact) mass is 183 g/mol. The van der Waals surface area contributed by atoms with E-state index in [0.717, 1.165) is 4.90 Å². The molecule has 0 fully saturated rings. The van der Waals surface area contributed by atoms with Crippen LogP contribution in [0.5, 0.6) is 5.75 Å². The highest BCUT2D eigenvalue weighted by Crippen LogP contribution is 2.22. The maximum Gasteiger partial charge on any atom is 0.248 e. The Hall–Kier alpha value is -1.16. The number of benzene rings is 1. The van der Waals surface area contributed by atoms with Crippen LogP contribution in [0.2, 0.25) is 0 Å². The molecule has 3 nitrogen and oxygen atoms in total. The lowest BCUT2D eigenvalue weighted by Crippen LogP contribution is -2.10. The second-order valence-electron chi connectivity index (χ2n) is 2.28. The Morgan fingerprint density at radius 1 is 1.50 bits per heavy atom. The van der Waals surface area contributed by atoms with Gasteiger partial charge in [-0.05, 0) is 24.5 Å². The van der Waals surface area contributed by atoms with Crippen molar-refractivity contribution in [3.8, 4) is 5.75 Å². The summed E-state index contributed by atoms with van der Waals surface area (Å²) in [7, 11) is 0. The molecule has 0 spiro atoms. The summed E-state index contributed by atoms with van der Waals surface area (Å²) in [5, 5.41) is 9.15. The van der Waals surface area contributed by atoms with Crippen LogP contribution in [0.25, 0.3) is 0 Å². The molecule has 1 aromatic carbocycles. The number of carbonyl (C=O) groups is 1. The Kier molecular flexibility index (Phi) is 2.60. The van der Waals surface area contributed by atoms with E-state index < -0.39 is 5.91 Å². The number of aromatic hydroxyl groups is 1. The molecule has 0 bridgehead atoms. The molecule has 1 rings (SSSR count). The summed E-state index contributed by atoms with van der Waals surface area (Å²) >= 11 is 1.45. The third-order valence-corrected chi connectivity index (χ3v) is 2.12. The Morgan fingerprint density at radius 2 is 2.17 bits per heavy atom. The summed E-state index contributed by atoms with van der Waals surface area (Å²) in [4.78, 5) is 11.5. The molecule has 0 unspecified atom stereocenters. The number of phenolic OH excluding ortho intramolecular Hbond substituents is 1. The van der Waals surface area contributed by atoms with Crippen LogP contribution in [0.1, 0.15) is 10.4 Å². The summed E-state index contributed by atoms with van der Waals surface area (Å²) in [6, 6.07) is 4.58. The number of primary amides is 1. The summed E-state index contributed by atoms with van der Waals surface area (Å²) in [6.07, 6.45) is 1.86. The molecule has 0 saturated carbocycles. The lowest BCUT2D eigenvalue weighted by Gasteiger charge is -2.00. The fraction of sp³-hybridized carbons (Fsp3) is 0.125. The van der Waals surface area contributed by atoms with Crippen LogP contribution < -0.4 is 5.73 Å². The van der Waals surface area contributed by atoms with Crippen LogP contribution in [0, 0.1) is 0 Å². The van der Waals surface area contributed by atoms with E-state index in [1.165, 1.54) is 17.8 Å². The van der Waals surface area contributed by atoms with Crippen molar-refractivity contribution >= 4 is 17.7 Å². The largest absolute Gasteiger partial charge is 0.508 e. The minimum absolute atomic E-state index is 0.0654. The van der Waals surface area contributed by atoms with Crippen molar-refractivity contribution in [1.82, 2.24) is 0 Å². The molecule has 0 aliphatic heterocycles. The third-order valence-electron chi connectivity index (χ3n) is 1.41. The predicted molar refractivity (Wildman–Crippen MR) is 48.4 cm³/mol. The minimum atomic E-state index is -0.527. The SMILES string of the molecule is CSc1cc(O)cc(C(N)=O)c1. The number of hydrogen-bond donors (Lipinski definition) is 2. The molecule has 0 radical (unpaired) electrons. The number of rotatable bonds is 2. The standard InChI is InChI=1S/C8H9NO2S/c1-12-7-3-5(8(9)11)2-6(10)4-7/h2-4,10H,1H3,(H2,9,11). The van der Waals surface area contributed by atoms with Gasteiger partial charge in [-0.3, -0.25) is 4.79 Å². The Bertz CT molecular complexity index is 312. The summed E-state index contributed by atoms with van der Waals surface area (Å²) in [5.41, 5.74) is 5.38. The highest BCUT2D eigenvalue weighted by Gasteiger charge is 2.03. The predicted octanol–water partition coefficient (Wildman–Crippen LogP) is 1.21. The zero-order chi connectivity index (χ0) is 9.14. The number of nitrogens with two attached hydrogens (primary N) is 1. The van der Waals surface area contributed by atoms with Crippen molar-refractivity contribution in [2.24, 2.45) is 5.73 Å². The molecule has 3 N–H and O–H groups in total. The van der Waals surface area contributed by atoms with E-state index in [1.54, 1.807) is 12.1 Å². The quantitative estimate of drug-likeness (QED) is 0.677. The van der Waals surface area contributed by atoms with Gasteiger partial charge in [0.1, 0.15) is 5.75 Å². The number of amides is 1. The molecule has 12 heavy (non-hydrogen) atoms. The van der Waals surface area contributed by atoms with Gasteiger partial charge in [-0.25, -0.2) is 0 Å². The van der Waals surface area contributed by atoms with E-state index in [9.17, 15) is 4.79 Å². The summed E-state index contributed by atoms with van der Waals surface area (Å²) in [6.45, 7) is 0. The zero-order valence-corrected chi connectivity index (χ0v) is 7.39. The molecule has 0 heterocycles. The van der Waals surface area contributed by atoms with Crippen LogP contribution in [0.15, 0.2) is 23.1 Å². The average Bonchev–Trinajstić information content (AvgIpc) is 2.03. The molecule has 0 aliphatic rings. The van der Waals surface area contributed by atoms with Crippen molar-refractivity contribution < 1.29 is 9.90 Å². The molecular weight excluding hydrogens is 174 g/mol. The van der Waals surface area contributed by atoms with Crippen LogP contribution in [-0.4, -0.2) is 17.3 Å². The first-order chi connectivity index (χ1) is 5.63. The lowest BCUT2D eigenvalue weighted by atomic mass is 10.2. The van der Waals surface area contributed by atoms with Crippen molar-refractivity contribution in [3.63, 3.8) is 0 Å². The summed E-state index contributed by atoms with van der Waals surface area (Å²) < 4.78 is 0. The van der Waals surface area contributed by atoms with Crippen LogP contribution in [0.4, 0.5) is 0 Å². The number of thioether (sulfide) groups is 1. The van der Waals surface area contributed by atoms with E-state index in [-0.39, 0.29) is 5.75 Å². The van der Waals surface area contributed by atoms with E-state index in [2.05, 4.69) is 0 Å². The Morgan fingerprint density at radius 3 is 2.67 bits per heavy atom. The van der Waals surface area contributed by atoms with E-state index in [4.69, 9.17) is 10.8 Å². The van der Waals surface area contributed by atoms with Crippen molar-refractivity contribution in [1.29, 1.82) is 0 Å². The maximum atomic E-state index is 10.7. The van der Waals surface area contributed by atoms with Gasteiger partial charge in [0.15, 0.2) is 0 Å². The van der Waals surface area contributed by atoms with Gasteiger partial charge in [0.25, 0.3) is 0 Å². The molecule has 1 aromatic rings. The van der Waals surface area contributed by atoms with Crippen molar-refractivity contribution in [2.75, 3.05) is 6.26 Å². The number of carbonyl (C=O) groups excluding carboxylic acids is 1. The number of phenols is 1. The highest BCUT2D eigenvalue weighted by molar-refractivity contribution is 7.98. The third kappa shape index (κ3) is 1.92. The lowest BCUT2D eigenvalue weighted by molar-refractivity contribution is 0.0999. The molecule has 0 aliphatic carbocycles. The van der Waals surface area contributed by atoms with Gasteiger partial charge in [-0.1, -0.05) is 0 Å². The van der Waals surface area contributed by atoms with Gasteiger partial charge in [-0.2, -0.15) is 0 Å². The second kappa shape index (κ2) is 3.49. The first-order valence-electron chi connectivity index (χ1n) is 3.31. The molecular formula is C8H9NO2S. The first kappa shape index (κ1) is 8.93. The van der Waals surface area contributed by atoms with Crippen LogP contribution in [-0.2, 0) is 0 Å². The van der Waals surface area contributed by atoms with E-state index in [0.29, 0.717) is 5.56 Å². The van der Waals surface area contributed by atoms with Gasteiger partial charge >= 0.3 is 0 Å². The highest BCUT2D eigenvalue weighted by atomic mass is 32.2. The molecule has 4 heteroatoms. The van der Waals surface area contributed by atoms with Gasteiger partial charge in [0.2, 0.25) is 5.91 Å². The van der Waals surface area contributed by atoms with Gasteiger partial charge in [-0.15, -0.1) is 11.8 Å². The van der Waals surface area contributed by atoms with Crippen molar-refractivity contribution in [3.05, 3.63) is 23.8 Å². The number of hydrogen-bond acceptors (Lipinski definition) is 3. The Balaban J connectivity index is 3.15. The molecule has 0 aromatic heterocycles. The topological polar surface area (TPSA) is 63.3 Å². The van der Waals surface area contributed by atoms with E-state index in [1.807, 2.05) is 6.26 Å². The van der Waals surface area contributed by atoms with E-state index >= 15 is 0 Å². The van der Waals surface area contributed by atoms with Gasteiger partial charge in [0, 0.05) is 10.5 Å². The fourth-order valence-corrected chi connectivity index (χ4v) is 1.33. The van der Waals surface area contributed by atoms with Crippen molar-refractivity contribution in [2.45, 2.75) is 4.90 Å². The van der Waals surface area contributed by atoms with Gasteiger partial charge < -0.3 is 10.8 Å². The van der Waals surface area contributed by atoms with Gasteiger partial charge in [0.05, 0.1) is 0 Å². The fourth-order valence-electron chi connectivity index (χ4n) is 0.843. The summed E-state index contributed by atoms with van der Waals surface area (Å²) in [5.74, 6) is -0.461. The maximum absolute atomic E-state index is 10.7. The smallest absolute Gasteiger partial charge is 0.248 e. The molecule has 64 valence electrons. The van der Waals surface area contributed by atoms with Crippen LogP contribution in [0.3, 0.4) is 0 Å². The Labute approximate surface area is 74.6 Å².